The molecule has 0 unspecified atom stereocenters. The number of hydrogen-bond acceptors (Lipinski definition) is 6. The Morgan fingerprint density at radius 1 is 1.40 bits per heavy atom. The van der Waals surface area contributed by atoms with E-state index in [0.717, 1.165) is 0 Å². The van der Waals surface area contributed by atoms with Gasteiger partial charge in [-0.3, -0.25) is 14.9 Å². The summed E-state index contributed by atoms with van der Waals surface area (Å²) in [6.45, 7) is 2.63. The van der Waals surface area contributed by atoms with Crippen LogP contribution in [0, 0.1) is 10.1 Å². The summed E-state index contributed by atoms with van der Waals surface area (Å²) in [5.41, 5.74) is 0.572. The first-order valence-corrected chi connectivity index (χ1v) is 6.18. The second-order valence-electron chi connectivity index (χ2n) is 4.12. The van der Waals surface area contributed by atoms with Gasteiger partial charge in [0, 0.05) is 31.4 Å². The molecule has 0 aliphatic rings. The quantitative estimate of drug-likeness (QED) is 0.432. The van der Waals surface area contributed by atoms with E-state index in [4.69, 9.17) is 4.74 Å². The van der Waals surface area contributed by atoms with Gasteiger partial charge < -0.3 is 14.4 Å². The molecule has 1 aromatic carbocycles. The van der Waals surface area contributed by atoms with Crippen LogP contribution in [-0.4, -0.2) is 38.2 Å². The molecular formula is C13H18N2O5. The van der Waals surface area contributed by atoms with E-state index in [1.54, 1.807) is 24.9 Å². The average molecular weight is 282 g/mol. The Balaban J connectivity index is 2.91. The van der Waals surface area contributed by atoms with E-state index < -0.39 is 4.92 Å². The topological polar surface area (TPSA) is 81.9 Å². The lowest BCUT2D eigenvalue weighted by atomic mass is 10.2. The summed E-state index contributed by atoms with van der Waals surface area (Å²) >= 11 is 0. The minimum absolute atomic E-state index is 0.0455. The van der Waals surface area contributed by atoms with Gasteiger partial charge in [-0.1, -0.05) is 0 Å². The zero-order valence-corrected chi connectivity index (χ0v) is 11.8. The molecule has 0 aliphatic carbocycles. The van der Waals surface area contributed by atoms with Gasteiger partial charge in [-0.25, -0.2) is 0 Å². The summed E-state index contributed by atoms with van der Waals surface area (Å²) in [6.07, 6.45) is 0.208. The van der Waals surface area contributed by atoms with Gasteiger partial charge in [0.1, 0.15) is 5.75 Å². The molecule has 1 rings (SSSR count). The molecule has 0 fully saturated rings. The highest BCUT2D eigenvalue weighted by atomic mass is 16.6. The van der Waals surface area contributed by atoms with Crippen molar-refractivity contribution in [3.8, 4) is 5.75 Å². The van der Waals surface area contributed by atoms with E-state index in [2.05, 4.69) is 4.74 Å². The van der Waals surface area contributed by atoms with Crippen molar-refractivity contribution in [3.05, 3.63) is 28.3 Å². The summed E-state index contributed by atoms with van der Waals surface area (Å²) in [5, 5.41) is 10.9. The highest BCUT2D eigenvalue weighted by Crippen LogP contribution is 2.28. The van der Waals surface area contributed by atoms with Crippen molar-refractivity contribution in [2.45, 2.75) is 13.3 Å². The lowest BCUT2D eigenvalue weighted by Crippen LogP contribution is -2.21. The van der Waals surface area contributed by atoms with Crippen LogP contribution in [-0.2, 0) is 9.53 Å². The van der Waals surface area contributed by atoms with Crippen LogP contribution in [0.2, 0.25) is 0 Å². The summed E-state index contributed by atoms with van der Waals surface area (Å²) in [6, 6.07) is 4.52. The van der Waals surface area contributed by atoms with Gasteiger partial charge in [-0.15, -0.1) is 0 Å². The van der Waals surface area contributed by atoms with Crippen LogP contribution in [0.5, 0.6) is 5.75 Å². The molecule has 0 spiro atoms. The number of nitro groups is 1. The molecular weight excluding hydrogens is 264 g/mol. The van der Waals surface area contributed by atoms with Crippen molar-refractivity contribution < 1.29 is 19.2 Å². The predicted octanol–water partition coefficient (Wildman–Crippen LogP) is 1.99. The van der Waals surface area contributed by atoms with Crippen LogP contribution in [0.1, 0.15) is 13.3 Å². The number of ether oxygens (including phenoxy) is 2. The number of hydrogen-bond donors (Lipinski definition) is 0. The summed E-state index contributed by atoms with van der Waals surface area (Å²) < 4.78 is 9.87. The number of carbonyl (C=O) groups excluding carboxylic acids is 1. The third-order valence-electron chi connectivity index (χ3n) is 2.72. The number of non-ortho nitro benzene ring substituents is 1. The van der Waals surface area contributed by atoms with Gasteiger partial charge in [0.15, 0.2) is 0 Å². The van der Waals surface area contributed by atoms with E-state index in [9.17, 15) is 14.9 Å². The standard InChI is InChI=1S/C13H18N2O5/c1-4-20-12-8-10(7-11(9-12)15(17)18)14(2)6-5-13(16)19-3/h7-9H,4-6H2,1-3H3. The highest BCUT2D eigenvalue weighted by molar-refractivity contribution is 5.70. The van der Waals surface area contributed by atoms with E-state index in [1.165, 1.54) is 19.2 Å². The molecule has 0 saturated heterocycles. The zero-order valence-electron chi connectivity index (χ0n) is 11.8. The van der Waals surface area contributed by atoms with E-state index in [1.807, 2.05) is 0 Å². The zero-order chi connectivity index (χ0) is 15.1. The summed E-state index contributed by atoms with van der Waals surface area (Å²) in [4.78, 5) is 23.3. The lowest BCUT2D eigenvalue weighted by molar-refractivity contribution is -0.384. The van der Waals surface area contributed by atoms with E-state index in [-0.39, 0.29) is 18.1 Å². The minimum atomic E-state index is -0.472. The smallest absolute Gasteiger partial charge is 0.307 e. The third kappa shape index (κ3) is 4.42. The maximum absolute atomic E-state index is 11.1. The monoisotopic (exact) mass is 282 g/mol. The van der Waals surface area contributed by atoms with E-state index in [0.29, 0.717) is 24.6 Å². The number of methoxy groups -OCH3 is 1. The molecule has 20 heavy (non-hydrogen) atoms. The van der Waals surface area contributed by atoms with Gasteiger partial charge >= 0.3 is 5.97 Å². The van der Waals surface area contributed by atoms with Crippen molar-refractivity contribution in [3.63, 3.8) is 0 Å². The van der Waals surface area contributed by atoms with Gasteiger partial charge in [0.2, 0.25) is 0 Å². The van der Waals surface area contributed by atoms with Crippen LogP contribution in [0.4, 0.5) is 11.4 Å². The molecule has 7 nitrogen and oxygen atoms in total. The van der Waals surface area contributed by atoms with Gasteiger partial charge in [-0.05, 0) is 6.92 Å². The van der Waals surface area contributed by atoms with Crippen LogP contribution in [0.15, 0.2) is 18.2 Å². The Hall–Kier alpha value is -2.31. The van der Waals surface area contributed by atoms with Crippen LogP contribution < -0.4 is 9.64 Å². The number of benzene rings is 1. The Bertz CT molecular complexity index is 490. The van der Waals surface area contributed by atoms with Crippen molar-refractivity contribution in [2.24, 2.45) is 0 Å². The van der Waals surface area contributed by atoms with Crippen molar-refractivity contribution >= 4 is 17.3 Å². The predicted molar refractivity (Wildman–Crippen MR) is 74.2 cm³/mol. The molecule has 1 aromatic rings. The average Bonchev–Trinajstić information content (AvgIpc) is 2.44. The van der Waals surface area contributed by atoms with Gasteiger partial charge in [0.05, 0.1) is 31.1 Å². The van der Waals surface area contributed by atoms with Gasteiger partial charge in [0.25, 0.3) is 5.69 Å². The minimum Gasteiger partial charge on any atom is -0.494 e. The fourth-order valence-electron chi connectivity index (χ4n) is 1.63. The Kier molecular flexibility index (Phi) is 5.76. The molecule has 0 bridgehead atoms. The first-order chi connectivity index (χ1) is 9.47. The SMILES string of the molecule is CCOc1cc(N(C)CCC(=O)OC)cc([N+](=O)[O-])c1. The molecule has 0 atom stereocenters. The van der Waals surface area contributed by atoms with Crippen LogP contribution >= 0.6 is 0 Å². The van der Waals surface area contributed by atoms with Crippen molar-refractivity contribution in [1.29, 1.82) is 0 Å². The highest BCUT2D eigenvalue weighted by Gasteiger charge is 2.13. The largest absolute Gasteiger partial charge is 0.494 e. The molecule has 0 N–H and O–H groups in total. The first kappa shape index (κ1) is 15.7. The van der Waals surface area contributed by atoms with Crippen LogP contribution in [0.3, 0.4) is 0 Å². The lowest BCUT2D eigenvalue weighted by Gasteiger charge is -2.19. The molecule has 110 valence electrons. The normalized spacial score (nSPS) is 9.95. The van der Waals surface area contributed by atoms with Crippen molar-refractivity contribution in [2.75, 3.05) is 32.2 Å². The fourth-order valence-corrected chi connectivity index (χ4v) is 1.63. The molecule has 0 heterocycles. The second kappa shape index (κ2) is 7.32. The summed E-state index contributed by atoms with van der Waals surface area (Å²) in [5.74, 6) is 0.105. The molecule has 7 heteroatoms. The van der Waals surface area contributed by atoms with Crippen molar-refractivity contribution in [1.82, 2.24) is 0 Å². The number of esters is 1. The van der Waals surface area contributed by atoms with Crippen LogP contribution in [0.25, 0.3) is 0 Å². The fraction of sp³-hybridized carbons (Fsp3) is 0.462. The Labute approximate surface area is 117 Å². The molecule has 0 radical (unpaired) electrons. The second-order valence-corrected chi connectivity index (χ2v) is 4.12. The number of carbonyl (C=O) groups is 1. The Morgan fingerprint density at radius 3 is 2.65 bits per heavy atom. The third-order valence-corrected chi connectivity index (χ3v) is 2.72. The first-order valence-electron chi connectivity index (χ1n) is 6.18. The maximum Gasteiger partial charge on any atom is 0.307 e. The Morgan fingerprint density at radius 2 is 2.10 bits per heavy atom. The van der Waals surface area contributed by atoms with E-state index >= 15 is 0 Å². The summed E-state index contributed by atoms with van der Waals surface area (Å²) in [7, 11) is 3.07. The van der Waals surface area contributed by atoms with Gasteiger partial charge in [-0.2, -0.15) is 0 Å². The maximum atomic E-state index is 11.1. The molecule has 0 amide bonds. The molecule has 0 aliphatic heterocycles. The number of rotatable bonds is 7. The number of nitrogens with zero attached hydrogens (tertiary/aromatic N) is 2. The molecule has 0 aromatic heterocycles. The number of anilines is 1. The molecule has 0 saturated carbocycles. The number of nitro benzene ring substituents is 1.